The fraction of sp³-hybridized carbons (Fsp3) is 0.400. The average Bonchev–Trinajstić information content (AvgIpc) is 2.43. The lowest BCUT2D eigenvalue weighted by atomic mass is 10.1. The van der Waals surface area contributed by atoms with E-state index in [2.05, 4.69) is 16.7 Å². The topological polar surface area (TPSA) is 41.1 Å². The van der Waals surface area contributed by atoms with E-state index in [9.17, 15) is 4.79 Å². The van der Waals surface area contributed by atoms with E-state index in [1.165, 1.54) is 5.57 Å². The van der Waals surface area contributed by atoms with Crippen LogP contribution in [0.1, 0.15) is 28.8 Å². The third kappa shape index (κ3) is 3.82. The van der Waals surface area contributed by atoms with Crippen molar-refractivity contribution in [1.82, 2.24) is 10.6 Å². The van der Waals surface area contributed by atoms with Crippen LogP contribution in [0.15, 0.2) is 29.8 Å². The summed E-state index contributed by atoms with van der Waals surface area (Å²) >= 11 is 6.02. The first-order valence-corrected chi connectivity index (χ1v) is 6.98. The van der Waals surface area contributed by atoms with Crippen LogP contribution in [0.2, 0.25) is 5.02 Å². The Balaban J connectivity index is 1.87. The average molecular weight is 279 g/mol. The maximum absolute atomic E-state index is 12.1. The molecule has 1 aromatic carbocycles. The number of benzene rings is 1. The van der Waals surface area contributed by atoms with Gasteiger partial charge in [-0.2, -0.15) is 0 Å². The highest BCUT2D eigenvalue weighted by Crippen LogP contribution is 2.18. The lowest BCUT2D eigenvalue weighted by molar-refractivity contribution is 0.0953. The molecule has 0 unspecified atom stereocenters. The first-order chi connectivity index (χ1) is 9.18. The van der Waals surface area contributed by atoms with Crippen LogP contribution in [-0.4, -0.2) is 25.5 Å². The van der Waals surface area contributed by atoms with Gasteiger partial charge in [-0.1, -0.05) is 29.3 Å². The minimum absolute atomic E-state index is 0.0467. The van der Waals surface area contributed by atoms with Gasteiger partial charge in [0, 0.05) is 23.7 Å². The summed E-state index contributed by atoms with van der Waals surface area (Å²) in [4.78, 5) is 12.1. The van der Waals surface area contributed by atoms with E-state index in [0.717, 1.165) is 31.5 Å². The van der Waals surface area contributed by atoms with Crippen LogP contribution in [0.4, 0.5) is 0 Å². The van der Waals surface area contributed by atoms with Crippen LogP contribution in [0, 0.1) is 6.92 Å². The molecule has 1 amide bonds. The fourth-order valence-corrected chi connectivity index (χ4v) is 2.36. The monoisotopic (exact) mass is 278 g/mol. The molecule has 0 saturated heterocycles. The SMILES string of the molecule is Cc1c(Cl)cccc1C(=O)NCCC1=CCNCC1. The highest BCUT2D eigenvalue weighted by atomic mass is 35.5. The van der Waals surface area contributed by atoms with Gasteiger partial charge in [-0.05, 0) is 44.0 Å². The van der Waals surface area contributed by atoms with Crippen LogP contribution in [0.3, 0.4) is 0 Å². The predicted octanol–water partition coefficient (Wildman–Crippen LogP) is 2.69. The molecule has 0 bridgehead atoms. The Hall–Kier alpha value is -1.32. The number of amides is 1. The van der Waals surface area contributed by atoms with E-state index in [0.29, 0.717) is 17.1 Å². The standard InChI is InChI=1S/C15H19ClN2O/c1-11-13(3-2-4-14(11)16)15(19)18-10-7-12-5-8-17-9-6-12/h2-5,17H,6-10H2,1H3,(H,18,19). The molecule has 2 rings (SSSR count). The molecular formula is C15H19ClN2O. The Morgan fingerprint density at radius 2 is 2.32 bits per heavy atom. The molecule has 1 aromatic rings. The number of carbonyl (C=O) groups excluding carboxylic acids is 1. The van der Waals surface area contributed by atoms with E-state index < -0.39 is 0 Å². The van der Waals surface area contributed by atoms with Gasteiger partial charge in [0.25, 0.3) is 5.91 Å². The van der Waals surface area contributed by atoms with Crippen molar-refractivity contribution in [2.75, 3.05) is 19.6 Å². The minimum Gasteiger partial charge on any atom is -0.352 e. The molecule has 102 valence electrons. The number of nitrogens with one attached hydrogen (secondary N) is 2. The van der Waals surface area contributed by atoms with E-state index in [-0.39, 0.29) is 5.91 Å². The number of hydrogen-bond acceptors (Lipinski definition) is 2. The second kappa shape index (κ2) is 6.73. The largest absolute Gasteiger partial charge is 0.352 e. The molecule has 19 heavy (non-hydrogen) atoms. The minimum atomic E-state index is -0.0467. The second-order valence-electron chi connectivity index (χ2n) is 4.73. The lowest BCUT2D eigenvalue weighted by Crippen LogP contribution is -2.27. The van der Waals surface area contributed by atoms with Crippen molar-refractivity contribution in [2.24, 2.45) is 0 Å². The molecule has 0 aromatic heterocycles. The molecule has 1 aliphatic heterocycles. The quantitative estimate of drug-likeness (QED) is 0.832. The fourth-order valence-electron chi connectivity index (χ4n) is 2.18. The normalized spacial score (nSPS) is 14.9. The van der Waals surface area contributed by atoms with Gasteiger partial charge in [0.1, 0.15) is 0 Å². The van der Waals surface area contributed by atoms with Crippen molar-refractivity contribution >= 4 is 17.5 Å². The molecule has 1 heterocycles. The number of carbonyl (C=O) groups is 1. The van der Waals surface area contributed by atoms with E-state index >= 15 is 0 Å². The Morgan fingerprint density at radius 1 is 1.47 bits per heavy atom. The highest BCUT2D eigenvalue weighted by Gasteiger charge is 2.10. The van der Waals surface area contributed by atoms with E-state index in [4.69, 9.17) is 11.6 Å². The van der Waals surface area contributed by atoms with Gasteiger partial charge in [-0.25, -0.2) is 0 Å². The highest BCUT2D eigenvalue weighted by molar-refractivity contribution is 6.31. The zero-order valence-corrected chi connectivity index (χ0v) is 11.9. The van der Waals surface area contributed by atoms with E-state index in [1.54, 1.807) is 18.2 Å². The maximum atomic E-state index is 12.1. The van der Waals surface area contributed by atoms with Gasteiger partial charge >= 0.3 is 0 Å². The zero-order valence-electron chi connectivity index (χ0n) is 11.1. The Labute approximate surface area is 119 Å². The van der Waals surface area contributed by atoms with Gasteiger partial charge in [-0.15, -0.1) is 0 Å². The summed E-state index contributed by atoms with van der Waals surface area (Å²) in [6, 6.07) is 5.41. The summed E-state index contributed by atoms with van der Waals surface area (Å²) in [6.45, 7) is 4.52. The van der Waals surface area contributed by atoms with Crippen molar-refractivity contribution in [3.8, 4) is 0 Å². The van der Waals surface area contributed by atoms with Crippen LogP contribution < -0.4 is 10.6 Å². The summed E-state index contributed by atoms with van der Waals surface area (Å²) in [6.07, 6.45) is 4.21. The molecular weight excluding hydrogens is 260 g/mol. The molecule has 0 fully saturated rings. The Kier molecular flexibility index (Phi) is 5.00. The number of hydrogen-bond donors (Lipinski definition) is 2. The summed E-state index contributed by atoms with van der Waals surface area (Å²) in [7, 11) is 0. The molecule has 3 nitrogen and oxygen atoms in total. The van der Waals surface area contributed by atoms with Crippen LogP contribution in [-0.2, 0) is 0 Å². The second-order valence-corrected chi connectivity index (χ2v) is 5.14. The van der Waals surface area contributed by atoms with Crippen molar-refractivity contribution in [1.29, 1.82) is 0 Å². The predicted molar refractivity (Wildman–Crippen MR) is 78.7 cm³/mol. The molecule has 1 aliphatic rings. The molecule has 0 spiro atoms. The summed E-state index contributed by atoms with van der Waals surface area (Å²) in [5.41, 5.74) is 2.91. The van der Waals surface area contributed by atoms with Crippen molar-refractivity contribution in [3.63, 3.8) is 0 Å². The van der Waals surface area contributed by atoms with Gasteiger partial charge in [-0.3, -0.25) is 4.79 Å². The third-order valence-corrected chi connectivity index (χ3v) is 3.81. The maximum Gasteiger partial charge on any atom is 0.251 e. The Morgan fingerprint density at radius 3 is 3.05 bits per heavy atom. The van der Waals surface area contributed by atoms with Crippen molar-refractivity contribution in [3.05, 3.63) is 46.0 Å². The van der Waals surface area contributed by atoms with Crippen molar-refractivity contribution < 1.29 is 4.79 Å². The van der Waals surface area contributed by atoms with Gasteiger partial charge in [0.05, 0.1) is 0 Å². The molecule has 4 heteroatoms. The van der Waals surface area contributed by atoms with Crippen LogP contribution in [0.5, 0.6) is 0 Å². The molecule has 0 aliphatic carbocycles. The number of rotatable bonds is 4. The number of halogens is 1. The Bertz CT molecular complexity index is 497. The van der Waals surface area contributed by atoms with Gasteiger partial charge in [0.15, 0.2) is 0 Å². The smallest absolute Gasteiger partial charge is 0.251 e. The molecule has 0 radical (unpaired) electrons. The summed E-state index contributed by atoms with van der Waals surface area (Å²) in [5.74, 6) is -0.0467. The summed E-state index contributed by atoms with van der Waals surface area (Å²) in [5, 5.41) is 6.86. The van der Waals surface area contributed by atoms with Crippen molar-refractivity contribution in [2.45, 2.75) is 19.8 Å². The molecule has 2 N–H and O–H groups in total. The van der Waals surface area contributed by atoms with Crippen LogP contribution >= 0.6 is 11.6 Å². The van der Waals surface area contributed by atoms with Gasteiger partial charge < -0.3 is 10.6 Å². The summed E-state index contributed by atoms with van der Waals surface area (Å²) < 4.78 is 0. The third-order valence-electron chi connectivity index (χ3n) is 3.40. The van der Waals surface area contributed by atoms with Gasteiger partial charge in [0.2, 0.25) is 0 Å². The first kappa shape index (κ1) is 14.1. The first-order valence-electron chi connectivity index (χ1n) is 6.60. The molecule has 0 atom stereocenters. The lowest BCUT2D eigenvalue weighted by Gasteiger charge is -2.14. The van der Waals surface area contributed by atoms with Crippen LogP contribution in [0.25, 0.3) is 0 Å². The zero-order chi connectivity index (χ0) is 13.7. The molecule has 0 saturated carbocycles. The van der Waals surface area contributed by atoms with E-state index in [1.807, 2.05) is 6.92 Å².